The van der Waals surface area contributed by atoms with Gasteiger partial charge in [-0.05, 0) is 23.8 Å². The molecule has 0 unspecified atom stereocenters. The molecule has 0 spiro atoms. The van der Waals surface area contributed by atoms with Gasteiger partial charge in [0.05, 0.1) is 18.0 Å². The van der Waals surface area contributed by atoms with Crippen LogP contribution in [-0.4, -0.2) is 26.9 Å². The molecule has 3 aromatic rings. The van der Waals surface area contributed by atoms with Gasteiger partial charge in [0.2, 0.25) is 0 Å². The Labute approximate surface area is 154 Å². The van der Waals surface area contributed by atoms with Crippen molar-refractivity contribution in [2.45, 2.75) is 39.3 Å². The molecule has 2 aromatic heterocycles. The van der Waals surface area contributed by atoms with E-state index in [0.29, 0.717) is 13.2 Å². The Morgan fingerprint density at radius 1 is 1.12 bits per heavy atom. The topological polar surface area (TPSA) is 64.9 Å². The second kappa shape index (κ2) is 7.66. The molecule has 6 heteroatoms. The van der Waals surface area contributed by atoms with Gasteiger partial charge in [-0.3, -0.25) is 0 Å². The zero-order valence-electron chi connectivity index (χ0n) is 15.7. The van der Waals surface area contributed by atoms with Crippen LogP contribution in [0.1, 0.15) is 37.9 Å². The van der Waals surface area contributed by atoms with Crippen LogP contribution in [0.2, 0.25) is 0 Å². The quantitative estimate of drug-likeness (QED) is 0.733. The first-order valence-corrected chi connectivity index (χ1v) is 8.66. The molecule has 0 fully saturated rings. The summed E-state index contributed by atoms with van der Waals surface area (Å²) < 4.78 is 7.09. The number of nitrogens with zero attached hydrogens (tertiary/aromatic N) is 4. The van der Waals surface area contributed by atoms with Gasteiger partial charge in [-0.1, -0.05) is 32.9 Å². The van der Waals surface area contributed by atoms with Crippen LogP contribution in [0.4, 0.5) is 5.82 Å². The Balaban J connectivity index is 1.79. The SMILES string of the molecule is COCc1cc(NCc2cccc(-n3cccn3)c2)nc(C(C)(C)C)n1. The largest absolute Gasteiger partial charge is 0.378 e. The third-order valence-corrected chi connectivity index (χ3v) is 3.90. The lowest BCUT2D eigenvalue weighted by Gasteiger charge is -2.19. The Bertz CT molecular complexity index is 853. The molecule has 0 aliphatic heterocycles. The average molecular weight is 351 g/mol. The first-order chi connectivity index (χ1) is 12.5. The molecule has 1 N–H and O–H groups in total. The van der Waals surface area contributed by atoms with Crippen molar-refractivity contribution in [1.29, 1.82) is 0 Å². The number of hydrogen-bond acceptors (Lipinski definition) is 5. The van der Waals surface area contributed by atoms with Crippen LogP contribution in [0.25, 0.3) is 5.69 Å². The number of methoxy groups -OCH3 is 1. The fourth-order valence-electron chi connectivity index (χ4n) is 2.57. The summed E-state index contributed by atoms with van der Waals surface area (Å²) in [5.41, 5.74) is 2.94. The molecule has 0 aliphatic carbocycles. The summed E-state index contributed by atoms with van der Waals surface area (Å²) in [5.74, 6) is 1.61. The number of rotatable bonds is 6. The normalized spacial score (nSPS) is 11.5. The Kier molecular flexibility index (Phi) is 5.32. The molecule has 0 bridgehead atoms. The second-order valence-corrected chi connectivity index (χ2v) is 7.23. The summed E-state index contributed by atoms with van der Waals surface area (Å²) in [6.07, 6.45) is 3.71. The number of aromatic nitrogens is 4. The van der Waals surface area contributed by atoms with Crippen molar-refractivity contribution < 1.29 is 4.74 Å². The van der Waals surface area contributed by atoms with Crippen LogP contribution >= 0.6 is 0 Å². The van der Waals surface area contributed by atoms with E-state index in [4.69, 9.17) is 4.74 Å². The van der Waals surface area contributed by atoms with Gasteiger partial charge in [-0.2, -0.15) is 5.10 Å². The van der Waals surface area contributed by atoms with Gasteiger partial charge in [0, 0.05) is 37.5 Å². The van der Waals surface area contributed by atoms with Crippen molar-refractivity contribution in [2.24, 2.45) is 0 Å². The van der Waals surface area contributed by atoms with Crippen LogP contribution in [-0.2, 0) is 23.3 Å². The van der Waals surface area contributed by atoms with Gasteiger partial charge in [0.25, 0.3) is 0 Å². The summed E-state index contributed by atoms with van der Waals surface area (Å²) in [7, 11) is 1.67. The van der Waals surface area contributed by atoms with Crippen molar-refractivity contribution >= 4 is 5.82 Å². The third kappa shape index (κ3) is 4.46. The number of ether oxygens (including phenoxy) is 1. The first kappa shape index (κ1) is 18.1. The van der Waals surface area contributed by atoms with Crippen molar-refractivity contribution in [3.63, 3.8) is 0 Å². The van der Waals surface area contributed by atoms with Crippen molar-refractivity contribution in [3.8, 4) is 5.69 Å². The molecular weight excluding hydrogens is 326 g/mol. The van der Waals surface area contributed by atoms with Gasteiger partial charge in [-0.15, -0.1) is 0 Å². The summed E-state index contributed by atoms with van der Waals surface area (Å²) >= 11 is 0. The van der Waals surface area contributed by atoms with E-state index >= 15 is 0 Å². The van der Waals surface area contributed by atoms with Gasteiger partial charge >= 0.3 is 0 Å². The van der Waals surface area contributed by atoms with E-state index in [1.54, 1.807) is 13.3 Å². The lowest BCUT2D eigenvalue weighted by Crippen LogP contribution is -2.18. The molecule has 0 saturated carbocycles. The minimum absolute atomic E-state index is 0.125. The molecular formula is C20H25N5O. The highest BCUT2D eigenvalue weighted by atomic mass is 16.5. The van der Waals surface area contributed by atoms with Crippen molar-refractivity contribution in [3.05, 3.63) is 65.9 Å². The maximum absolute atomic E-state index is 5.24. The number of benzene rings is 1. The minimum atomic E-state index is -0.125. The standard InChI is InChI=1S/C20H25N5O/c1-20(2,3)19-23-16(14-26-4)12-18(24-19)21-13-15-7-5-8-17(11-15)25-10-6-9-22-25/h5-12H,13-14H2,1-4H3,(H,21,23,24). The maximum Gasteiger partial charge on any atom is 0.136 e. The van der Waals surface area contributed by atoms with E-state index in [1.165, 1.54) is 0 Å². The molecule has 0 saturated heterocycles. The smallest absolute Gasteiger partial charge is 0.136 e. The molecule has 2 heterocycles. The lowest BCUT2D eigenvalue weighted by molar-refractivity contribution is 0.181. The molecule has 6 nitrogen and oxygen atoms in total. The summed E-state index contributed by atoms with van der Waals surface area (Å²) in [6.45, 7) is 7.46. The number of hydrogen-bond donors (Lipinski definition) is 1. The van der Waals surface area contributed by atoms with Crippen LogP contribution in [0.5, 0.6) is 0 Å². The highest BCUT2D eigenvalue weighted by molar-refractivity contribution is 5.40. The summed E-state index contributed by atoms with van der Waals surface area (Å²) in [6, 6.07) is 12.1. The molecule has 1 aromatic carbocycles. The molecule has 0 aliphatic rings. The molecule has 136 valence electrons. The number of nitrogens with one attached hydrogen (secondary N) is 1. The van der Waals surface area contributed by atoms with Crippen LogP contribution < -0.4 is 5.32 Å². The third-order valence-electron chi connectivity index (χ3n) is 3.90. The highest BCUT2D eigenvalue weighted by Gasteiger charge is 2.19. The van der Waals surface area contributed by atoms with Crippen molar-refractivity contribution in [1.82, 2.24) is 19.7 Å². The molecule has 0 atom stereocenters. The second-order valence-electron chi connectivity index (χ2n) is 7.23. The van der Waals surface area contributed by atoms with Crippen LogP contribution in [0.3, 0.4) is 0 Å². The fourth-order valence-corrected chi connectivity index (χ4v) is 2.57. The predicted molar refractivity (Wildman–Crippen MR) is 102 cm³/mol. The van der Waals surface area contributed by atoms with E-state index in [0.717, 1.165) is 28.6 Å². The molecule has 26 heavy (non-hydrogen) atoms. The van der Waals surface area contributed by atoms with E-state index in [2.05, 4.69) is 53.3 Å². The molecule has 0 amide bonds. The van der Waals surface area contributed by atoms with Gasteiger partial charge in [-0.25, -0.2) is 14.6 Å². The Hall–Kier alpha value is -2.73. The van der Waals surface area contributed by atoms with E-state index in [1.807, 2.05) is 35.1 Å². The Morgan fingerprint density at radius 3 is 2.65 bits per heavy atom. The number of anilines is 1. The predicted octanol–water partition coefficient (Wildman–Crippen LogP) is 3.72. The van der Waals surface area contributed by atoms with Crippen LogP contribution in [0, 0.1) is 0 Å². The fraction of sp³-hybridized carbons (Fsp3) is 0.350. The van der Waals surface area contributed by atoms with E-state index in [-0.39, 0.29) is 5.41 Å². The zero-order chi connectivity index (χ0) is 18.6. The van der Waals surface area contributed by atoms with Gasteiger partial charge in [0.15, 0.2) is 0 Å². The van der Waals surface area contributed by atoms with Crippen LogP contribution in [0.15, 0.2) is 48.8 Å². The summed E-state index contributed by atoms with van der Waals surface area (Å²) in [4.78, 5) is 9.29. The average Bonchev–Trinajstić information content (AvgIpc) is 3.14. The zero-order valence-corrected chi connectivity index (χ0v) is 15.7. The van der Waals surface area contributed by atoms with E-state index < -0.39 is 0 Å². The first-order valence-electron chi connectivity index (χ1n) is 8.66. The summed E-state index contributed by atoms with van der Waals surface area (Å²) in [5, 5.41) is 7.69. The minimum Gasteiger partial charge on any atom is -0.378 e. The molecule has 0 radical (unpaired) electrons. The van der Waals surface area contributed by atoms with E-state index in [9.17, 15) is 0 Å². The maximum atomic E-state index is 5.24. The van der Waals surface area contributed by atoms with Gasteiger partial charge in [0.1, 0.15) is 11.6 Å². The Morgan fingerprint density at radius 2 is 1.96 bits per heavy atom. The monoisotopic (exact) mass is 351 g/mol. The lowest BCUT2D eigenvalue weighted by atomic mass is 9.95. The van der Waals surface area contributed by atoms with Gasteiger partial charge < -0.3 is 10.1 Å². The highest BCUT2D eigenvalue weighted by Crippen LogP contribution is 2.21. The van der Waals surface area contributed by atoms with Crippen molar-refractivity contribution in [2.75, 3.05) is 12.4 Å². The molecule has 3 rings (SSSR count).